The number of aryl methyl sites for hydroxylation is 2. The third kappa shape index (κ3) is 6.72. The smallest absolute Gasteiger partial charge is 0.309 e. The Hall–Kier alpha value is -2.04. The number of hydrogen-bond acceptors (Lipinski definition) is 3. The molecule has 1 aromatic carbocycles. The fourth-order valence-corrected chi connectivity index (χ4v) is 1.94. The van der Waals surface area contributed by atoms with Crippen LogP contribution in [0.3, 0.4) is 0 Å². The second-order valence-corrected chi connectivity index (χ2v) is 6.49. The van der Waals surface area contributed by atoms with Crippen LogP contribution in [0.4, 0.5) is 0 Å². The normalized spacial score (nSPS) is 11.1. The van der Waals surface area contributed by atoms with Gasteiger partial charge >= 0.3 is 5.97 Å². The average Bonchev–Trinajstić information content (AvgIpc) is 2.47. The van der Waals surface area contributed by atoms with E-state index in [4.69, 9.17) is 9.84 Å². The van der Waals surface area contributed by atoms with E-state index in [1.54, 1.807) is 13.8 Å². The standard InChI is InChI=1S/C18H27NO4/c1-13-7-8-15(12-14(13)2)23-11-5-6-16(20)19-10-9-18(3,4)17(21)22/h7-8,12H,5-6,9-11H2,1-4H3,(H,19,20)(H,21,22). The van der Waals surface area contributed by atoms with Gasteiger partial charge in [-0.05, 0) is 63.8 Å². The van der Waals surface area contributed by atoms with Gasteiger partial charge in [0, 0.05) is 13.0 Å². The number of carboxylic acid groups (broad SMARTS) is 1. The van der Waals surface area contributed by atoms with E-state index in [0.29, 0.717) is 32.4 Å². The van der Waals surface area contributed by atoms with Crippen LogP contribution in [0, 0.1) is 19.3 Å². The summed E-state index contributed by atoms with van der Waals surface area (Å²) in [6.07, 6.45) is 1.41. The zero-order chi connectivity index (χ0) is 17.5. The Balaban J connectivity index is 2.19. The van der Waals surface area contributed by atoms with Gasteiger partial charge in [-0.3, -0.25) is 9.59 Å². The van der Waals surface area contributed by atoms with Gasteiger partial charge in [0.25, 0.3) is 0 Å². The monoisotopic (exact) mass is 321 g/mol. The lowest BCUT2D eigenvalue weighted by atomic mass is 9.90. The molecule has 0 aliphatic rings. The Bertz CT molecular complexity index is 552. The lowest BCUT2D eigenvalue weighted by molar-refractivity contribution is -0.147. The van der Waals surface area contributed by atoms with E-state index in [1.807, 2.05) is 25.1 Å². The van der Waals surface area contributed by atoms with E-state index < -0.39 is 11.4 Å². The predicted molar refractivity (Wildman–Crippen MR) is 89.7 cm³/mol. The molecule has 1 rings (SSSR count). The number of nitrogens with one attached hydrogen (secondary N) is 1. The molecule has 0 saturated heterocycles. The maximum Gasteiger partial charge on any atom is 0.309 e. The first-order chi connectivity index (χ1) is 10.7. The quantitative estimate of drug-likeness (QED) is 0.685. The molecule has 5 nitrogen and oxygen atoms in total. The molecule has 0 fully saturated rings. The molecule has 5 heteroatoms. The third-order valence-corrected chi connectivity index (χ3v) is 3.95. The van der Waals surface area contributed by atoms with Crippen LogP contribution < -0.4 is 10.1 Å². The topological polar surface area (TPSA) is 75.6 Å². The minimum Gasteiger partial charge on any atom is -0.494 e. The highest BCUT2D eigenvalue weighted by molar-refractivity contribution is 5.76. The highest BCUT2D eigenvalue weighted by atomic mass is 16.5. The van der Waals surface area contributed by atoms with E-state index in [1.165, 1.54) is 11.1 Å². The molecule has 0 saturated carbocycles. The summed E-state index contributed by atoms with van der Waals surface area (Å²) in [6.45, 7) is 8.24. The minimum atomic E-state index is -0.853. The fraction of sp³-hybridized carbons (Fsp3) is 0.556. The Labute approximate surface area is 138 Å². The molecule has 1 amide bonds. The van der Waals surface area contributed by atoms with Crippen LogP contribution in [-0.2, 0) is 9.59 Å². The third-order valence-electron chi connectivity index (χ3n) is 3.95. The number of aliphatic carboxylic acids is 1. The molecule has 0 spiro atoms. The summed E-state index contributed by atoms with van der Waals surface area (Å²) < 4.78 is 5.62. The zero-order valence-electron chi connectivity index (χ0n) is 14.4. The summed E-state index contributed by atoms with van der Waals surface area (Å²) in [6, 6.07) is 5.93. The number of carbonyl (C=O) groups excluding carboxylic acids is 1. The van der Waals surface area contributed by atoms with Gasteiger partial charge < -0.3 is 15.2 Å². The number of carbonyl (C=O) groups is 2. The van der Waals surface area contributed by atoms with Crippen LogP contribution >= 0.6 is 0 Å². The lowest BCUT2D eigenvalue weighted by Crippen LogP contribution is -2.31. The van der Waals surface area contributed by atoms with Gasteiger partial charge in [0.05, 0.1) is 12.0 Å². The van der Waals surface area contributed by atoms with Crippen molar-refractivity contribution in [2.24, 2.45) is 5.41 Å². The van der Waals surface area contributed by atoms with Crippen LogP contribution in [0.2, 0.25) is 0 Å². The zero-order valence-corrected chi connectivity index (χ0v) is 14.4. The lowest BCUT2D eigenvalue weighted by Gasteiger charge is -2.18. The molecule has 0 aliphatic carbocycles. The number of rotatable bonds is 9. The number of ether oxygens (including phenoxy) is 1. The molecular formula is C18H27NO4. The minimum absolute atomic E-state index is 0.0742. The summed E-state index contributed by atoms with van der Waals surface area (Å²) in [5.41, 5.74) is 1.59. The molecule has 128 valence electrons. The molecule has 0 bridgehead atoms. The summed E-state index contributed by atoms with van der Waals surface area (Å²) in [5, 5.41) is 11.7. The number of hydrogen-bond donors (Lipinski definition) is 2. The Morgan fingerprint density at radius 1 is 1.22 bits per heavy atom. The van der Waals surface area contributed by atoms with E-state index in [2.05, 4.69) is 12.2 Å². The van der Waals surface area contributed by atoms with E-state index in [-0.39, 0.29) is 5.91 Å². The first-order valence-electron chi connectivity index (χ1n) is 7.92. The van der Waals surface area contributed by atoms with Gasteiger partial charge in [-0.15, -0.1) is 0 Å². The molecule has 0 radical (unpaired) electrons. The molecule has 2 N–H and O–H groups in total. The first-order valence-corrected chi connectivity index (χ1v) is 7.92. The first kappa shape index (κ1) is 19.0. The summed E-state index contributed by atoms with van der Waals surface area (Å²) in [4.78, 5) is 22.7. The molecule has 0 aliphatic heterocycles. The molecule has 0 atom stereocenters. The predicted octanol–water partition coefficient (Wildman–Crippen LogP) is 3.08. The fourth-order valence-electron chi connectivity index (χ4n) is 1.94. The van der Waals surface area contributed by atoms with Crippen molar-refractivity contribution in [3.8, 4) is 5.75 Å². The Morgan fingerprint density at radius 3 is 2.52 bits per heavy atom. The van der Waals surface area contributed by atoms with Crippen LogP contribution in [0.15, 0.2) is 18.2 Å². The SMILES string of the molecule is Cc1ccc(OCCCC(=O)NCCC(C)(C)C(=O)O)cc1C. The second-order valence-electron chi connectivity index (χ2n) is 6.49. The summed E-state index contributed by atoms with van der Waals surface area (Å²) >= 11 is 0. The van der Waals surface area contributed by atoms with Gasteiger partial charge in [0.15, 0.2) is 0 Å². The van der Waals surface area contributed by atoms with Crippen LogP contribution in [0.25, 0.3) is 0 Å². The second kappa shape index (κ2) is 8.56. The maximum atomic E-state index is 11.7. The van der Waals surface area contributed by atoms with Crippen molar-refractivity contribution < 1.29 is 19.4 Å². The van der Waals surface area contributed by atoms with E-state index in [9.17, 15) is 9.59 Å². The molecule has 23 heavy (non-hydrogen) atoms. The van der Waals surface area contributed by atoms with Gasteiger partial charge in [0.1, 0.15) is 5.75 Å². The molecule has 0 unspecified atom stereocenters. The van der Waals surface area contributed by atoms with Crippen molar-refractivity contribution in [2.75, 3.05) is 13.2 Å². The Kier molecular flexibility index (Phi) is 7.07. The van der Waals surface area contributed by atoms with Gasteiger partial charge in [-0.2, -0.15) is 0 Å². The number of benzene rings is 1. The van der Waals surface area contributed by atoms with Gasteiger partial charge in [-0.1, -0.05) is 6.07 Å². The molecule has 0 heterocycles. The van der Waals surface area contributed by atoms with Gasteiger partial charge in [0.2, 0.25) is 5.91 Å². The van der Waals surface area contributed by atoms with E-state index >= 15 is 0 Å². The van der Waals surface area contributed by atoms with Crippen LogP contribution in [-0.4, -0.2) is 30.1 Å². The van der Waals surface area contributed by atoms with Crippen molar-refractivity contribution in [3.63, 3.8) is 0 Å². The number of carboxylic acids is 1. The van der Waals surface area contributed by atoms with Crippen molar-refractivity contribution in [3.05, 3.63) is 29.3 Å². The summed E-state index contributed by atoms with van der Waals surface area (Å²) in [5.74, 6) is -0.111. The van der Waals surface area contributed by atoms with Crippen molar-refractivity contribution in [1.82, 2.24) is 5.32 Å². The van der Waals surface area contributed by atoms with Gasteiger partial charge in [-0.25, -0.2) is 0 Å². The molecular weight excluding hydrogens is 294 g/mol. The van der Waals surface area contributed by atoms with Crippen molar-refractivity contribution in [1.29, 1.82) is 0 Å². The Morgan fingerprint density at radius 2 is 1.91 bits per heavy atom. The maximum absolute atomic E-state index is 11.7. The molecule has 1 aromatic rings. The van der Waals surface area contributed by atoms with Crippen LogP contribution in [0.1, 0.15) is 44.2 Å². The van der Waals surface area contributed by atoms with E-state index in [0.717, 1.165) is 5.75 Å². The largest absolute Gasteiger partial charge is 0.494 e. The van der Waals surface area contributed by atoms with Crippen molar-refractivity contribution in [2.45, 2.75) is 47.0 Å². The molecule has 0 aromatic heterocycles. The summed E-state index contributed by atoms with van der Waals surface area (Å²) in [7, 11) is 0. The highest BCUT2D eigenvalue weighted by Crippen LogP contribution is 2.19. The van der Waals surface area contributed by atoms with Crippen molar-refractivity contribution >= 4 is 11.9 Å². The van der Waals surface area contributed by atoms with Crippen LogP contribution in [0.5, 0.6) is 5.75 Å². The number of amides is 1. The average molecular weight is 321 g/mol. The highest BCUT2D eigenvalue weighted by Gasteiger charge is 2.26.